The van der Waals surface area contributed by atoms with Gasteiger partial charge in [-0.2, -0.15) is 5.01 Å². The highest BCUT2D eigenvalue weighted by molar-refractivity contribution is 6.09. The molecular weight excluding hydrogens is 506 g/mol. The quantitative estimate of drug-likeness (QED) is 0.205. The molecular formula is C32H23N3O5. The highest BCUT2D eigenvalue weighted by Crippen LogP contribution is 2.61. The van der Waals surface area contributed by atoms with Crippen molar-refractivity contribution in [2.45, 2.75) is 18.4 Å². The average molecular weight is 530 g/mol. The zero-order valence-electron chi connectivity index (χ0n) is 21.2. The van der Waals surface area contributed by atoms with Gasteiger partial charge < -0.3 is 0 Å². The lowest BCUT2D eigenvalue weighted by Crippen LogP contribution is -2.50. The first-order valence-corrected chi connectivity index (χ1v) is 13.1. The van der Waals surface area contributed by atoms with Gasteiger partial charge in [-0.1, -0.05) is 78.9 Å². The lowest BCUT2D eigenvalue weighted by atomic mass is 9.55. The summed E-state index contributed by atoms with van der Waals surface area (Å²) in [7, 11) is 0. The summed E-state index contributed by atoms with van der Waals surface area (Å²) in [5, 5.41) is 13.4. The third-order valence-corrected chi connectivity index (χ3v) is 8.40. The molecule has 3 aliphatic carbocycles. The Morgan fingerprint density at radius 1 is 0.700 bits per heavy atom. The molecule has 1 heterocycles. The third-order valence-electron chi connectivity index (χ3n) is 8.40. The number of nitro groups is 1. The molecule has 1 saturated heterocycles. The molecule has 3 amide bonds. The molecule has 4 aromatic rings. The summed E-state index contributed by atoms with van der Waals surface area (Å²) < 4.78 is 0. The minimum absolute atomic E-state index is 0.0111. The fraction of sp³-hybridized carbons (Fsp3) is 0.156. The molecule has 0 saturated carbocycles. The fourth-order valence-corrected chi connectivity index (χ4v) is 6.76. The molecule has 4 aliphatic rings. The van der Waals surface area contributed by atoms with Crippen molar-refractivity contribution in [3.05, 3.63) is 147 Å². The van der Waals surface area contributed by atoms with Gasteiger partial charge in [-0.25, -0.2) is 5.01 Å². The number of rotatable bonds is 5. The third kappa shape index (κ3) is 3.42. The second kappa shape index (κ2) is 8.98. The van der Waals surface area contributed by atoms with Crippen LogP contribution >= 0.6 is 0 Å². The van der Waals surface area contributed by atoms with E-state index >= 15 is 0 Å². The number of benzene rings is 4. The van der Waals surface area contributed by atoms with Gasteiger partial charge in [0.1, 0.15) is 0 Å². The molecule has 0 spiro atoms. The summed E-state index contributed by atoms with van der Waals surface area (Å²) in [5.41, 5.74) is 4.92. The fourth-order valence-electron chi connectivity index (χ4n) is 6.76. The molecule has 1 fully saturated rings. The Bertz CT molecular complexity index is 1590. The lowest BCUT2D eigenvalue weighted by molar-refractivity contribution is -0.384. The Morgan fingerprint density at radius 2 is 1.15 bits per heavy atom. The molecule has 0 unspecified atom stereocenters. The molecule has 8 rings (SSSR count). The molecule has 1 aliphatic heterocycles. The number of carbonyl (C=O) groups excluding carboxylic acids is 3. The Hall–Kier alpha value is -5.11. The molecule has 0 aromatic heterocycles. The zero-order chi connectivity index (χ0) is 27.5. The maximum atomic E-state index is 14.3. The van der Waals surface area contributed by atoms with Crippen molar-refractivity contribution in [1.29, 1.82) is 0 Å². The van der Waals surface area contributed by atoms with E-state index < -0.39 is 34.5 Å². The summed E-state index contributed by atoms with van der Waals surface area (Å²) in [6, 6.07) is 30.3. The van der Waals surface area contributed by atoms with Crippen LogP contribution < -0.4 is 0 Å². The predicted molar refractivity (Wildman–Crippen MR) is 145 cm³/mol. The highest BCUT2D eigenvalue weighted by atomic mass is 16.6. The number of hydrazine groups is 1. The largest absolute Gasteiger partial charge is 0.273 e. The molecule has 8 nitrogen and oxygen atoms in total. The van der Waals surface area contributed by atoms with E-state index in [1.54, 1.807) is 0 Å². The summed E-state index contributed by atoms with van der Waals surface area (Å²) in [6.45, 7) is -0.0111. The van der Waals surface area contributed by atoms with E-state index in [4.69, 9.17) is 0 Å². The number of carbonyl (C=O) groups is 3. The smallest absolute Gasteiger partial charge is 0.272 e. The van der Waals surface area contributed by atoms with Crippen LogP contribution in [0, 0.1) is 22.0 Å². The Labute approximate surface area is 229 Å². The second-order valence-electron chi connectivity index (χ2n) is 10.4. The van der Waals surface area contributed by atoms with Crippen LogP contribution in [0.15, 0.2) is 103 Å². The van der Waals surface area contributed by atoms with E-state index in [9.17, 15) is 24.5 Å². The number of nitrogens with zero attached hydrogens (tertiary/aromatic N) is 3. The van der Waals surface area contributed by atoms with Crippen LogP contribution in [0.1, 0.15) is 50.0 Å². The topological polar surface area (TPSA) is 101 Å². The van der Waals surface area contributed by atoms with Gasteiger partial charge in [0.15, 0.2) is 0 Å². The van der Waals surface area contributed by atoms with Crippen LogP contribution in [0.4, 0.5) is 5.69 Å². The first kappa shape index (κ1) is 24.0. The molecule has 2 atom stereocenters. The van der Waals surface area contributed by atoms with Gasteiger partial charge in [-0.05, 0) is 39.9 Å². The Morgan fingerprint density at radius 3 is 1.60 bits per heavy atom. The second-order valence-corrected chi connectivity index (χ2v) is 10.4. The summed E-state index contributed by atoms with van der Waals surface area (Å²) in [6.07, 6.45) is 0. The summed E-state index contributed by atoms with van der Waals surface area (Å²) >= 11 is 0. The van der Waals surface area contributed by atoms with Crippen molar-refractivity contribution >= 4 is 23.4 Å². The SMILES string of the molecule is O=C(c1ccc([N+](=O)[O-])cc1)N(Cc1ccccc1)N1C(=O)[C@H]2C3c4ccccc4C(c4ccccc43)[C@@H]2C1=O. The van der Waals surface area contributed by atoms with Crippen molar-refractivity contribution in [2.75, 3.05) is 0 Å². The normalized spacial score (nSPS) is 21.9. The first-order chi connectivity index (χ1) is 19.5. The molecule has 40 heavy (non-hydrogen) atoms. The van der Waals surface area contributed by atoms with Gasteiger partial charge in [-0.3, -0.25) is 24.5 Å². The van der Waals surface area contributed by atoms with Crippen LogP contribution in [0.25, 0.3) is 0 Å². The Kier molecular flexibility index (Phi) is 5.38. The standard InChI is InChI=1S/C32H23N3O5/c36-30(20-14-16-21(17-15-20)35(39)40)33(18-19-8-2-1-3-9-19)34-31(37)28-26-22-10-4-5-11-23(22)27(29(28)32(34)38)25-13-7-6-12-24(25)26/h1-17,26-29H,18H2/t26?,27?,28-,29-/m0/s1. The van der Waals surface area contributed by atoms with Gasteiger partial charge in [-0.15, -0.1) is 0 Å². The van der Waals surface area contributed by atoms with E-state index in [2.05, 4.69) is 0 Å². The minimum atomic E-state index is -0.634. The van der Waals surface area contributed by atoms with Crippen molar-refractivity contribution in [2.24, 2.45) is 11.8 Å². The van der Waals surface area contributed by atoms with E-state index in [0.717, 1.165) is 32.8 Å². The molecule has 8 heteroatoms. The average Bonchev–Trinajstić information content (AvgIpc) is 3.26. The van der Waals surface area contributed by atoms with Gasteiger partial charge in [0, 0.05) is 29.5 Å². The number of nitro benzene ring substituents is 1. The lowest BCUT2D eigenvalue weighted by Gasteiger charge is -2.45. The van der Waals surface area contributed by atoms with Gasteiger partial charge in [0.05, 0.1) is 23.3 Å². The van der Waals surface area contributed by atoms with Crippen LogP contribution in [0.3, 0.4) is 0 Å². The van der Waals surface area contributed by atoms with Crippen molar-refractivity contribution in [3.63, 3.8) is 0 Å². The van der Waals surface area contributed by atoms with Crippen molar-refractivity contribution in [3.8, 4) is 0 Å². The maximum Gasteiger partial charge on any atom is 0.273 e. The number of hydrogen-bond donors (Lipinski definition) is 0. The zero-order valence-corrected chi connectivity index (χ0v) is 21.2. The summed E-state index contributed by atoms with van der Waals surface area (Å²) in [5.74, 6) is -3.24. The van der Waals surface area contributed by atoms with Crippen LogP contribution in [-0.4, -0.2) is 32.7 Å². The van der Waals surface area contributed by atoms with E-state index in [1.807, 2.05) is 78.9 Å². The molecule has 0 N–H and O–H groups in total. The number of imide groups is 1. The first-order valence-electron chi connectivity index (χ1n) is 13.1. The van der Waals surface area contributed by atoms with Crippen LogP contribution in [0.2, 0.25) is 0 Å². The number of hydrogen-bond acceptors (Lipinski definition) is 5. The monoisotopic (exact) mass is 529 g/mol. The van der Waals surface area contributed by atoms with Crippen LogP contribution in [0.5, 0.6) is 0 Å². The van der Waals surface area contributed by atoms with Gasteiger partial charge in [0.2, 0.25) is 0 Å². The Balaban J connectivity index is 1.33. The molecule has 4 aromatic carbocycles. The van der Waals surface area contributed by atoms with Gasteiger partial charge in [0.25, 0.3) is 23.4 Å². The van der Waals surface area contributed by atoms with Crippen molar-refractivity contribution < 1.29 is 19.3 Å². The maximum absolute atomic E-state index is 14.3. The van der Waals surface area contributed by atoms with Gasteiger partial charge >= 0.3 is 0 Å². The molecule has 0 radical (unpaired) electrons. The number of amides is 3. The highest BCUT2D eigenvalue weighted by Gasteiger charge is 2.63. The van der Waals surface area contributed by atoms with Crippen LogP contribution in [-0.2, 0) is 16.1 Å². The number of non-ortho nitro benzene ring substituents is 1. The minimum Gasteiger partial charge on any atom is -0.272 e. The molecule has 2 bridgehead atoms. The van der Waals surface area contributed by atoms with E-state index in [1.165, 1.54) is 29.3 Å². The van der Waals surface area contributed by atoms with E-state index in [0.29, 0.717) is 0 Å². The van der Waals surface area contributed by atoms with E-state index in [-0.39, 0.29) is 29.6 Å². The predicted octanol–water partition coefficient (Wildman–Crippen LogP) is 5.04. The van der Waals surface area contributed by atoms with Crippen molar-refractivity contribution in [1.82, 2.24) is 10.0 Å². The summed E-state index contributed by atoms with van der Waals surface area (Å²) in [4.78, 5) is 53.1. The molecule has 196 valence electrons.